The number of ether oxygens (including phenoxy) is 2. The minimum Gasteiger partial charge on any atom is -0.497 e. The summed E-state index contributed by atoms with van der Waals surface area (Å²) in [6, 6.07) is 14.1. The van der Waals surface area contributed by atoms with Gasteiger partial charge in [0, 0.05) is 25.0 Å². The van der Waals surface area contributed by atoms with E-state index < -0.39 is 6.04 Å². The summed E-state index contributed by atoms with van der Waals surface area (Å²) in [5.74, 6) is 1.18. The van der Waals surface area contributed by atoms with E-state index in [4.69, 9.17) is 21.1 Å². The Kier molecular flexibility index (Phi) is 9.48. The van der Waals surface area contributed by atoms with Gasteiger partial charge in [0.25, 0.3) is 0 Å². The molecule has 0 unspecified atom stereocenters. The maximum atomic E-state index is 13.0. The lowest BCUT2D eigenvalue weighted by molar-refractivity contribution is -0.141. The van der Waals surface area contributed by atoms with Crippen LogP contribution in [0.4, 0.5) is 0 Å². The number of hydrogen-bond donors (Lipinski definition) is 1. The van der Waals surface area contributed by atoms with E-state index in [0.29, 0.717) is 30.2 Å². The molecule has 2 amide bonds. The number of nitrogens with one attached hydrogen (secondary N) is 1. The third kappa shape index (κ3) is 6.66. The molecule has 2 rings (SSSR count). The van der Waals surface area contributed by atoms with Crippen LogP contribution in [-0.2, 0) is 16.1 Å². The highest BCUT2D eigenvalue weighted by atomic mass is 35.5. The van der Waals surface area contributed by atoms with Gasteiger partial charge < -0.3 is 19.7 Å². The van der Waals surface area contributed by atoms with Crippen LogP contribution in [0.1, 0.15) is 31.7 Å². The number of hydrogen-bond acceptors (Lipinski definition) is 4. The van der Waals surface area contributed by atoms with Gasteiger partial charge in [0.15, 0.2) is 0 Å². The molecular weight excluding hydrogens is 404 g/mol. The van der Waals surface area contributed by atoms with Crippen molar-refractivity contribution in [3.8, 4) is 11.5 Å². The number of carbonyl (C=O) groups excluding carboxylic acids is 2. The molecule has 1 atom stereocenters. The summed E-state index contributed by atoms with van der Waals surface area (Å²) in [5, 5.41) is 3.22. The Bertz CT molecular complexity index is 826. The van der Waals surface area contributed by atoms with Crippen LogP contribution in [0.25, 0.3) is 0 Å². The molecule has 0 aliphatic heterocycles. The summed E-state index contributed by atoms with van der Waals surface area (Å²) < 4.78 is 10.8. The van der Waals surface area contributed by atoms with Crippen molar-refractivity contribution < 1.29 is 19.1 Å². The van der Waals surface area contributed by atoms with Gasteiger partial charge in [-0.3, -0.25) is 9.59 Å². The van der Waals surface area contributed by atoms with Gasteiger partial charge in [-0.2, -0.15) is 0 Å². The number of methoxy groups -OCH3 is 1. The zero-order valence-electron chi connectivity index (χ0n) is 17.7. The molecule has 1 N–H and O–H groups in total. The van der Waals surface area contributed by atoms with Crippen LogP contribution in [-0.4, -0.2) is 43.5 Å². The molecule has 0 radical (unpaired) electrons. The fourth-order valence-corrected chi connectivity index (χ4v) is 3.32. The molecule has 2 aromatic rings. The van der Waals surface area contributed by atoms with E-state index in [1.807, 2.05) is 49.4 Å². The van der Waals surface area contributed by atoms with Crippen molar-refractivity contribution >= 4 is 23.4 Å². The first-order valence-electron chi connectivity index (χ1n) is 10.0. The molecule has 0 saturated heterocycles. The Morgan fingerprint density at radius 2 is 1.77 bits per heavy atom. The molecule has 0 heterocycles. The van der Waals surface area contributed by atoms with E-state index in [0.717, 1.165) is 11.3 Å². The lowest BCUT2D eigenvalue weighted by Crippen LogP contribution is -2.48. The quantitative estimate of drug-likeness (QED) is 0.544. The first-order valence-corrected chi connectivity index (χ1v) is 10.4. The van der Waals surface area contributed by atoms with Gasteiger partial charge in [0.1, 0.15) is 17.5 Å². The largest absolute Gasteiger partial charge is 0.497 e. The first-order chi connectivity index (χ1) is 14.5. The highest BCUT2D eigenvalue weighted by Gasteiger charge is 2.28. The fourth-order valence-electron chi connectivity index (χ4n) is 3.13. The van der Waals surface area contributed by atoms with E-state index >= 15 is 0 Å². The topological polar surface area (TPSA) is 67.9 Å². The summed E-state index contributed by atoms with van der Waals surface area (Å²) in [6.45, 7) is 2.57. The Hall–Kier alpha value is -2.73. The van der Waals surface area contributed by atoms with Crippen LogP contribution in [0.15, 0.2) is 48.5 Å². The lowest BCUT2D eigenvalue weighted by Gasteiger charge is -2.30. The van der Waals surface area contributed by atoms with Crippen molar-refractivity contribution in [1.29, 1.82) is 0 Å². The Labute approximate surface area is 183 Å². The number of benzene rings is 2. The number of carbonyl (C=O) groups is 2. The molecule has 0 aliphatic carbocycles. The van der Waals surface area contributed by atoms with Gasteiger partial charge in [0.05, 0.1) is 13.7 Å². The average molecular weight is 433 g/mol. The van der Waals surface area contributed by atoms with E-state index in [1.165, 1.54) is 0 Å². The van der Waals surface area contributed by atoms with Gasteiger partial charge >= 0.3 is 0 Å². The minimum atomic E-state index is -0.554. The summed E-state index contributed by atoms with van der Waals surface area (Å²) in [5.41, 5.74) is 0.810. The molecule has 2 aromatic carbocycles. The molecule has 0 aliphatic rings. The average Bonchev–Trinajstić information content (AvgIpc) is 2.77. The summed E-state index contributed by atoms with van der Waals surface area (Å²) in [6.07, 6.45) is 1.32. The van der Waals surface area contributed by atoms with Crippen LogP contribution >= 0.6 is 11.6 Å². The van der Waals surface area contributed by atoms with Gasteiger partial charge in [-0.05, 0) is 48.7 Å². The fraction of sp³-hybridized carbons (Fsp3) is 0.391. The van der Waals surface area contributed by atoms with Gasteiger partial charge in [-0.25, -0.2) is 0 Å². The second kappa shape index (κ2) is 12.1. The molecule has 30 heavy (non-hydrogen) atoms. The number of nitrogens with zero attached hydrogens (tertiary/aromatic N) is 1. The standard InChI is InChI=1S/C23H29ClN2O4/c1-4-21(23(28)25-2)26(16-17-8-5-6-9-20(17)24)22(27)10-7-15-30-19-13-11-18(29-3)12-14-19/h5-6,8-9,11-14,21H,4,7,10,15-16H2,1-3H3,(H,25,28)/t21-/m1/s1. The zero-order valence-corrected chi connectivity index (χ0v) is 18.4. The van der Waals surface area contributed by atoms with E-state index in [9.17, 15) is 9.59 Å². The number of likely N-dealkylation sites (N-methyl/N-ethyl adjacent to an activating group) is 1. The lowest BCUT2D eigenvalue weighted by atomic mass is 10.1. The van der Waals surface area contributed by atoms with E-state index in [-0.39, 0.29) is 24.8 Å². The Morgan fingerprint density at radius 3 is 2.37 bits per heavy atom. The van der Waals surface area contributed by atoms with Crippen molar-refractivity contribution in [2.45, 2.75) is 38.8 Å². The number of amides is 2. The van der Waals surface area contributed by atoms with Crippen LogP contribution in [0, 0.1) is 0 Å². The normalized spacial score (nSPS) is 11.5. The third-order valence-corrected chi connectivity index (χ3v) is 5.16. The van der Waals surface area contributed by atoms with Crippen molar-refractivity contribution in [3.63, 3.8) is 0 Å². The van der Waals surface area contributed by atoms with Crippen LogP contribution in [0.3, 0.4) is 0 Å². The van der Waals surface area contributed by atoms with Gasteiger partial charge in [-0.1, -0.05) is 36.7 Å². The van der Waals surface area contributed by atoms with Crippen molar-refractivity contribution in [2.75, 3.05) is 20.8 Å². The van der Waals surface area contributed by atoms with Crippen LogP contribution < -0.4 is 14.8 Å². The molecule has 0 bridgehead atoms. The Morgan fingerprint density at radius 1 is 1.10 bits per heavy atom. The molecular formula is C23H29ClN2O4. The molecule has 162 valence electrons. The zero-order chi connectivity index (χ0) is 21.9. The second-order valence-corrected chi connectivity index (χ2v) is 7.19. The summed E-state index contributed by atoms with van der Waals surface area (Å²) >= 11 is 6.28. The summed E-state index contributed by atoms with van der Waals surface area (Å²) in [7, 11) is 3.18. The van der Waals surface area contributed by atoms with Gasteiger partial charge in [-0.15, -0.1) is 0 Å². The maximum Gasteiger partial charge on any atom is 0.242 e. The van der Waals surface area contributed by atoms with E-state index in [1.54, 1.807) is 25.1 Å². The van der Waals surface area contributed by atoms with E-state index in [2.05, 4.69) is 5.32 Å². The monoisotopic (exact) mass is 432 g/mol. The highest BCUT2D eigenvalue weighted by molar-refractivity contribution is 6.31. The summed E-state index contributed by atoms with van der Waals surface area (Å²) in [4.78, 5) is 27.0. The van der Waals surface area contributed by atoms with Gasteiger partial charge in [0.2, 0.25) is 11.8 Å². The third-order valence-electron chi connectivity index (χ3n) is 4.79. The molecule has 0 fully saturated rings. The molecule has 0 aromatic heterocycles. The van der Waals surface area contributed by atoms with Crippen molar-refractivity contribution in [3.05, 3.63) is 59.1 Å². The highest BCUT2D eigenvalue weighted by Crippen LogP contribution is 2.21. The van der Waals surface area contributed by atoms with Crippen LogP contribution in [0.5, 0.6) is 11.5 Å². The molecule has 6 nitrogen and oxygen atoms in total. The number of rotatable bonds is 11. The Balaban J connectivity index is 2.00. The SMILES string of the molecule is CC[C@H](C(=O)NC)N(Cc1ccccc1Cl)C(=O)CCCOc1ccc(OC)cc1. The predicted molar refractivity (Wildman–Crippen MR) is 118 cm³/mol. The minimum absolute atomic E-state index is 0.108. The first kappa shape index (κ1) is 23.5. The second-order valence-electron chi connectivity index (χ2n) is 6.78. The van der Waals surface area contributed by atoms with Crippen LogP contribution in [0.2, 0.25) is 5.02 Å². The smallest absolute Gasteiger partial charge is 0.242 e. The molecule has 0 spiro atoms. The van der Waals surface area contributed by atoms with Crippen molar-refractivity contribution in [2.24, 2.45) is 0 Å². The molecule has 0 saturated carbocycles. The predicted octanol–water partition coefficient (Wildman–Crippen LogP) is 4.06. The van der Waals surface area contributed by atoms with Crippen molar-refractivity contribution in [1.82, 2.24) is 10.2 Å². The molecule has 7 heteroatoms. The maximum absolute atomic E-state index is 13.0. The number of halogens is 1.